The van der Waals surface area contributed by atoms with Gasteiger partial charge in [0.1, 0.15) is 11.9 Å². The molecule has 23 heavy (non-hydrogen) atoms. The molecule has 1 aliphatic carbocycles. The normalized spacial score (nSPS) is 20.1. The highest BCUT2D eigenvalue weighted by atomic mass is 19.1. The Morgan fingerprint density at radius 3 is 2.48 bits per heavy atom. The Balaban J connectivity index is 1.57. The monoisotopic (exact) mass is 319 g/mol. The summed E-state index contributed by atoms with van der Waals surface area (Å²) in [6, 6.07) is 5.16. The number of benzene rings is 1. The highest BCUT2D eigenvalue weighted by molar-refractivity contribution is 6.04. The second-order valence-corrected chi connectivity index (χ2v) is 5.93. The molecule has 3 rings (SSSR count). The number of urea groups is 1. The van der Waals surface area contributed by atoms with E-state index in [0.29, 0.717) is 6.54 Å². The summed E-state index contributed by atoms with van der Waals surface area (Å²) < 4.78 is 13.0. The average molecular weight is 319 g/mol. The minimum Gasteiger partial charge on any atom is -0.335 e. The molecule has 6 nitrogen and oxygen atoms in total. The van der Waals surface area contributed by atoms with E-state index in [1.54, 1.807) is 17.0 Å². The molecule has 7 heteroatoms. The third-order valence-corrected chi connectivity index (χ3v) is 4.08. The van der Waals surface area contributed by atoms with Crippen molar-refractivity contribution in [2.75, 3.05) is 0 Å². The van der Waals surface area contributed by atoms with Crippen LogP contribution in [0.2, 0.25) is 0 Å². The first-order valence-electron chi connectivity index (χ1n) is 7.68. The number of halogens is 1. The Morgan fingerprint density at radius 1 is 1.22 bits per heavy atom. The van der Waals surface area contributed by atoms with Crippen LogP contribution >= 0.6 is 0 Å². The van der Waals surface area contributed by atoms with Crippen LogP contribution in [-0.4, -0.2) is 34.8 Å². The van der Waals surface area contributed by atoms with Gasteiger partial charge in [0.25, 0.3) is 5.91 Å². The number of imide groups is 1. The molecule has 0 aromatic heterocycles. The molecule has 1 aromatic carbocycles. The summed E-state index contributed by atoms with van der Waals surface area (Å²) in [6.45, 7) is 0.438. The molecule has 1 saturated carbocycles. The van der Waals surface area contributed by atoms with Crippen molar-refractivity contribution in [3.63, 3.8) is 0 Å². The zero-order chi connectivity index (χ0) is 16.4. The molecule has 0 bridgehead atoms. The number of hydrogen-bond acceptors (Lipinski definition) is 3. The third kappa shape index (κ3) is 3.85. The van der Waals surface area contributed by atoms with Gasteiger partial charge < -0.3 is 10.2 Å². The fourth-order valence-corrected chi connectivity index (χ4v) is 2.67. The van der Waals surface area contributed by atoms with Gasteiger partial charge in [-0.25, -0.2) is 9.18 Å². The van der Waals surface area contributed by atoms with Crippen molar-refractivity contribution >= 4 is 17.8 Å². The highest BCUT2D eigenvalue weighted by Crippen LogP contribution is 2.29. The number of rotatable bonds is 6. The maximum Gasteiger partial charge on any atom is 0.322 e. The van der Waals surface area contributed by atoms with Crippen LogP contribution in [0, 0.1) is 5.82 Å². The van der Waals surface area contributed by atoms with Crippen molar-refractivity contribution in [1.29, 1.82) is 0 Å². The molecule has 0 radical (unpaired) electrons. The second kappa shape index (κ2) is 6.36. The van der Waals surface area contributed by atoms with Crippen molar-refractivity contribution in [3.05, 3.63) is 35.6 Å². The fraction of sp³-hybridized carbons (Fsp3) is 0.438. The lowest BCUT2D eigenvalue weighted by molar-refractivity contribution is -0.132. The summed E-state index contributed by atoms with van der Waals surface area (Å²) in [5.74, 6) is -0.744. The molecule has 0 spiro atoms. The first-order valence-corrected chi connectivity index (χ1v) is 7.68. The van der Waals surface area contributed by atoms with E-state index in [1.807, 2.05) is 0 Å². The lowest BCUT2D eigenvalue weighted by Gasteiger charge is -2.23. The summed E-state index contributed by atoms with van der Waals surface area (Å²) in [4.78, 5) is 36.8. The quantitative estimate of drug-likeness (QED) is 0.776. The van der Waals surface area contributed by atoms with Gasteiger partial charge in [0.05, 0.1) is 0 Å². The predicted octanol–water partition coefficient (Wildman–Crippen LogP) is 1.30. The van der Waals surface area contributed by atoms with E-state index in [1.165, 1.54) is 12.1 Å². The SMILES string of the molecule is O=C1NC(=O)[C@@H](CCC(=O)N(Cc2ccc(F)cc2)C2CC2)N1. The molecule has 122 valence electrons. The second-order valence-electron chi connectivity index (χ2n) is 5.93. The summed E-state index contributed by atoms with van der Waals surface area (Å²) in [5, 5.41) is 4.64. The van der Waals surface area contributed by atoms with Gasteiger partial charge >= 0.3 is 6.03 Å². The number of hydrogen-bond donors (Lipinski definition) is 2. The average Bonchev–Trinajstić information content (AvgIpc) is 3.30. The van der Waals surface area contributed by atoms with Gasteiger partial charge in [-0.2, -0.15) is 0 Å². The standard InChI is InChI=1S/C16H18FN3O3/c17-11-3-1-10(2-4-11)9-20(12-5-6-12)14(21)8-7-13-15(22)19-16(23)18-13/h1-4,12-13H,5-9H2,(H2,18,19,22,23)/t13-/m1/s1. The van der Waals surface area contributed by atoms with Crippen LogP contribution in [0.3, 0.4) is 0 Å². The smallest absolute Gasteiger partial charge is 0.322 e. The zero-order valence-corrected chi connectivity index (χ0v) is 12.5. The molecule has 4 amide bonds. The van der Waals surface area contributed by atoms with E-state index >= 15 is 0 Å². The molecule has 1 atom stereocenters. The number of carbonyl (C=O) groups is 3. The van der Waals surface area contributed by atoms with Gasteiger partial charge in [-0.05, 0) is 37.0 Å². The van der Waals surface area contributed by atoms with Gasteiger partial charge in [-0.15, -0.1) is 0 Å². The van der Waals surface area contributed by atoms with Gasteiger partial charge in [-0.3, -0.25) is 14.9 Å². The highest BCUT2D eigenvalue weighted by Gasteiger charge is 2.34. The largest absolute Gasteiger partial charge is 0.335 e. The van der Waals surface area contributed by atoms with Crippen LogP contribution in [0.15, 0.2) is 24.3 Å². The van der Waals surface area contributed by atoms with Gasteiger partial charge in [-0.1, -0.05) is 12.1 Å². The Bertz CT molecular complexity index is 628. The van der Waals surface area contributed by atoms with Crippen LogP contribution in [0.25, 0.3) is 0 Å². The summed E-state index contributed by atoms with van der Waals surface area (Å²) in [5.41, 5.74) is 0.874. The number of carbonyl (C=O) groups excluding carboxylic acids is 3. The summed E-state index contributed by atoms with van der Waals surface area (Å²) in [6.07, 6.45) is 2.40. The van der Waals surface area contributed by atoms with Gasteiger partial charge in [0, 0.05) is 19.0 Å². The summed E-state index contributed by atoms with van der Waals surface area (Å²) in [7, 11) is 0. The molecular formula is C16H18FN3O3. The first kappa shape index (κ1) is 15.5. The van der Waals surface area contributed by atoms with Crippen LogP contribution in [0.4, 0.5) is 9.18 Å². The molecular weight excluding hydrogens is 301 g/mol. The number of amides is 4. The van der Waals surface area contributed by atoms with E-state index in [0.717, 1.165) is 18.4 Å². The fourth-order valence-electron chi connectivity index (χ4n) is 2.67. The van der Waals surface area contributed by atoms with Crippen molar-refractivity contribution in [2.45, 2.75) is 44.3 Å². The molecule has 2 fully saturated rings. The Morgan fingerprint density at radius 2 is 1.91 bits per heavy atom. The summed E-state index contributed by atoms with van der Waals surface area (Å²) >= 11 is 0. The maximum atomic E-state index is 13.0. The molecule has 1 saturated heterocycles. The van der Waals surface area contributed by atoms with Crippen molar-refractivity contribution in [3.8, 4) is 0 Å². The van der Waals surface area contributed by atoms with E-state index in [4.69, 9.17) is 0 Å². The number of nitrogens with one attached hydrogen (secondary N) is 2. The van der Waals surface area contributed by atoms with Crippen LogP contribution in [0.5, 0.6) is 0 Å². The molecule has 2 aliphatic rings. The van der Waals surface area contributed by atoms with E-state index < -0.39 is 12.1 Å². The minimum absolute atomic E-state index is 0.0502. The van der Waals surface area contributed by atoms with Gasteiger partial charge in [0.15, 0.2) is 0 Å². The Kier molecular flexibility index (Phi) is 4.27. The van der Waals surface area contributed by atoms with Crippen LogP contribution in [-0.2, 0) is 16.1 Å². The van der Waals surface area contributed by atoms with Crippen molar-refractivity contribution < 1.29 is 18.8 Å². The molecule has 1 aromatic rings. The molecule has 1 aliphatic heterocycles. The zero-order valence-electron chi connectivity index (χ0n) is 12.5. The van der Waals surface area contributed by atoms with Crippen molar-refractivity contribution in [2.24, 2.45) is 0 Å². The van der Waals surface area contributed by atoms with Crippen LogP contribution in [0.1, 0.15) is 31.2 Å². The predicted molar refractivity (Wildman–Crippen MR) is 79.7 cm³/mol. The first-order chi connectivity index (χ1) is 11.0. The van der Waals surface area contributed by atoms with E-state index in [2.05, 4.69) is 10.6 Å². The Hall–Kier alpha value is -2.44. The maximum absolute atomic E-state index is 13.0. The van der Waals surface area contributed by atoms with Crippen LogP contribution < -0.4 is 10.6 Å². The molecule has 1 heterocycles. The topological polar surface area (TPSA) is 78.5 Å². The Labute approximate surface area is 133 Å². The number of nitrogens with zero attached hydrogens (tertiary/aromatic N) is 1. The molecule has 2 N–H and O–H groups in total. The van der Waals surface area contributed by atoms with E-state index in [-0.39, 0.29) is 36.5 Å². The lowest BCUT2D eigenvalue weighted by atomic mass is 10.1. The van der Waals surface area contributed by atoms with Crippen molar-refractivity contribution in [1.82, 2.24) is 15.5 Å². The molecule has 0 unspecified atom stereocenters. The lowest BCUT2D eigenvalue weighted by Crippen LogP contribution is -2.35. The van der Waals surface area contributed by atoms with E-state index in [9.17, 15) is 18.8 Å². The third-order valence-electron chi connectivity index (χ3n) is 4.08. The van der Waals surface area contributed by atoms with Gasteiger partial charge in [0.2, 0.25) is 5.91 Å². The minimum atomic E-state index is -0.640.